The van der Waals surface area contributed by atoms with E-state index in [1.54, 1.807) is 0 Å². The third kappa shape index (κ3) is 12.3. The molecule has 3 aromatic heterocycles. The van der Waals surface area contributed by atoms with Gasteiger partial charge in [-0.3, -0.25) is 4.98 Å². The second-order valence-corrected chi connectivity index (χ2v) is 22.0. The first-order chi connectivity index (χ1) is 44.5. The topological polar surface area (TPSA) is 46.5 Å². The lowest BCUT2D eigenvalue weighted by Crippen LogP contribution is -2.11. The zero-order chi connectivity index (χ0) is 69.5. The summed E-state index contributed by atoms with van der Waals surface area (Å²) in [6.45, 7) is 0. The molecule has 0 saturated carbocycles. The van der Waals surface area contributed by atoms with Crippen LogP contribution >= 0.6 is 0 Å². The van der Waals surface area contributed by atoms with E-state index in [2.05, 4.69) is 11.1 Å². The van der Waals surface area contributed by atoms with Gasteiger partial charge in [-0.05, 0) is 201 Å². The van der Waals surface area contributed by atoms with Gasteiger partial charge in [-0.2, -0.15) is 111 Å². The zero-order valence-electron chi connectivity index (χ0n) is 47.2. The Bertz CT molecular complexity index is 4490. The van der Waals surface area contributed by atoms with Crippen LogP contribution in [0, 0.1) is 11.3 Å². The van der Waals surface area contributed by atoms with Crippen molar-refractivity contribution in [1.82, 2.24) is 14.1 Å². The van der Waals surface area contributed by atoms with Crippen LogP contribution in [0.2, 0.25) is 0 Å². The molecule has 96 heavy (non-hydrogen) atoms. The van der Waals surface area contributed by atoms with Gasteiger partial charge in [-0.25, -0.2) is 0 Å². The summed E-state index contributed by atoms with van der Waals surface area (Å²) in [6, 6.07) is 23.5. The van der Waals surface area contributed by atoms with Crippen LogP contribution in [0.4, 0.5) is 105 Å². The molecule has 12 aromatic rings. The lowest BCUT2D eigenvalue weighted by molar-refractivity contribution is -0.144. The fourth-order valence-electron chi connectivity index (χ4n) is 11.6. The van der Waals surface area contributed by atoms with Gasteiger partial charge in [0.2, 0.25) is 0 Å². The van der Waals surface area contributed by atoms with E-state index in [9.17, 15) is 111 Å². The van der Waals surface area contributed by atoms with Gasteiger partial charge in [0.1, 0.15) is 11.6 Å². The van der Waals surface area contributed by atoms with Crippen molar-refractivity contribution in [3.8, 4) is 73.1 Å². The number of rotatable bonds is 7. The molecule has 0 amide bonds. The van der Waals surface area contributed by atoms with E-state index in [0.717, 1.165) is 48.5 Å². The van der Waals surface area contributed by atoms with E-state index < -0.39 is 122 Å². The molecule has 9 aromatic carbocycles. The number of alkyl halides is 24. The summed E-state index contributed by atoms with van der Waals surface area (Å²) in [5.41, 5.74) is -19.1. The van der Waals surface area contributed by atoms with E-state index in [1.807, 2.05) is 0 Å². The van der Waals surface area contributed by atoms with Crippen LogP contribution in [0.25, 0.3) is 111 Å². The lowest BCUT2D eigenvalue weighted by Gasteiger charge is -2.19. The van der Waals surface area contributed by atoms with Gasteiger partial charge in [-0.1, -0.05) is 24.3 Å². The van der Waals surface area contributed by atoms with E-state index in [0.29, 0.717) is 48.5 Å². The van der Waals surface area contributed by atoms with Crippen LogP contribution in [0.15, 0.2) is 182 Å². The van der Waals surface area contributed by atoms with Crippen LogP contribution in [0.5, 0.6) is 0 Å². The maximum Gasteiger partial charge on any atom is 0.416 e. The van der Waals surface area contributed by atoms with E-state index >= 15 is 0 Å². The Balaban J connectivity index is 1.19. The minimum Gasteiger partial charge on any atom is -0.308 e. The van der Waals surface area contributed by atoms with Gasteiger partial charge in [0.05, 0.1) is 77.9 Å². The zero-order valence-corrected chi connectivity index (χ0v) is 47.2. The predicted octanol–water partition coefficient (Wildman–Crippen LogP) is 23.6. The van der Waals surface area contributed by atoms with Crippen LogP contribution in [-0.2, 0) is 49.4 Å². The molecule has 0 bridgehead atoms. The number of aromatic nitrogens is 3. The molecule has 28 heteroatoms. The van der Waals surface area contributed by atoms with Gasteiger partial charge >= 0.3 is 49.4 Å². The fraction of sp³-hybridized carbons (Fsp3) is 0.118. The first-order valence-electron chi connectivity index (χ1n) is 27.4. The van der Waals surface area contributed by atoms with Gasteiger partial charge < -0.3 is 9.13 Å². The molecule has 0 spiro atoms. The molecular formula is C68H30F24N4. The third-order valence-corrected chi connectivity index (χ3v) is 15.9. The highest BCUT2D eigenvalue weighted by Crippen LogP contribution is 2.49. The van der Waals surface area contributed by atoms with E-state index in [4.69, 9.17) is 0 Å². The number of halogens is 24. The summed E-state index contributed by atoms with van der Waals surface area (Å²) >= 11 is 0. The Morgan fingerprint density at radius 1 is 0.240 bits per heavy atom. The first-order valence-corrected chi connectivity index (χ1v) is 27.4. The molecule has 4 nitrogen and oxygen atoms in total. The van der Waals surface area contributed by atoms with Crippen molar-refractivity contribution < 1.29 is 105 Å². The smallest absolute Gasteiger partial charge is 0.308 e. The van der Waals surface area contributed by atoms with Crippen molar-refractivity contribution in [2.24, 2.45) is 0 Å². The molecule has 0 saturated heterocycles. The Labute approximate surface area is 521 Å². The van der Waals surface area contributed by atoms with Crippen LogP contribution < -0.4 is 0 Å². The second-order valence-electron chi connectivity index (χ2n) is 22.0. The van der Waals surface area contributed by atoms with Gasteiger partial charge in [0.25, 0.3) is 0 Å². The van der Waals surface area contributed by atoms with Crippen LogP contribution in [-0.4, -0.2) is 14.1 Å². The quantitative estimate of drug-likeness (QED) is 0.149. The SMILES string of the molecule is N#Cc1c(-n2c3ccc(-c4cc(C(F)(F)F)cc(C(F)(F)F)c4)cc3c3cc(-c4cc(C(F)(F)F)cc(C(F)(F)F)c4)ccc32)cc(-c2ccncc2)cc1-n1c2ccc(-c3cc(C(F)(F)F)cc(C(F)(F)F)c3)cc2c2cc(-c3cc(C(F)(F)F)cc(C(F)(F)F)c3)ccc21. The summed E-state index contributed by atoms with van der Waals surface area (Å²) in [5, 5.41) is 11.0. The predicted molar refractivity (Wildman–Crippen MR) is 305 cm³/mol. The number of benzene rings is 9. The summed E-state index contributed by atoms with van der Waals surface area (Å²) in [4.78, 5) is 4.03. The van der Waals surface area contributed by atoms with Crippen LogP contribution in [0.3, 0.4) is 0 Å². The van der Waals surface area contributed by atoms with Gasteiger partial charge in [-0.15, -0.1) is 0 Å². The van der Waals surface area contributed by atoms with Crippen molar-refractivity contribution in [2.75, 3.05) is 0 Å². The summed E-state index contributed by atoms with van der Waals surface area (Å²) in [7, 11) is 0. The number of fused-ring (bicyclic) bond motifs is 6. The average molecular weight is 1360 g/mol. The maximum absolute atomic E-state index is 14.3. The van der Waals surface area contributed by atoms with Crippen molar-refractivity contribution in [1.29, 1.82) is 5.26 Å². The fourth-order valence-corrected chi connectivity index (χ4v) is 11.6. The highest BCUT2D eigenvalue weighted by molar-refractivity contribution is 6.14. The molecule has 12 rings (SSSR count). The first kappa shape index (κ1) is 65.6. The molecule has 0 radical (unpaired) electrons. The Morgan fingerprint density at radius 3 is 0.646 bits per heavy atom. The molecule has 0 aliphatic heterocycles. The number of hydrogen-bond acceptors (Lipinski definition) is 2. The number of hydrogen-bond donors (Lipinski definition) is 0. The van der Waals surface area contributed by atoms with Gasteiger partial charge in [0.15, 0.2) is 0 Å². The molecule has 490 valence electrons. The van der Waals surface area contributed by atoms with E-state index in [-0.39, 0.29) is 113 Å². The Kier molecular flexibility index (Phi) is 15.3. The van der Waals surface area contributed by atoms with Crippen molar-refractivity contribution in [3.63, 3.8) is 0 Å². The molecule has 0 unspecified atom stereocenters. The van der Waals surface area contributed by atoms with Crippen molar-refractivity contribution in [3.05, 3.63) is 232 Å². The Hall–Kier alpha value is -10.5. The standard InChI is InChI=1S/C68H30F24N4/c69-61(70,71)42-13-37(14-43(27-42)62(72,73)74)33-1-5-55-50(21-33)51-22-34(38-15-44(63(75,76)77)28-45(16-38)64(78,79)80)2-6-56(51)95(55)59-25-41(32-9-11-94-12-10-32)26-60(54(59)31-93)96-57-7-3-35(39-17-46(65(81,82)83)29-47(18-39)66(84,85)86)23-52(57)53-24-36(4-8-58(53)96)40-19-48(67(87,88)89)30-49(20-40)68(90,91)92/h1-30H. The Morgan fingerprint density at radius 2 is 0.448 bits per heavy atom. The molecule has 0 N–H and O–H groups in total. The summed E-state index contributed by atoms with van der Waals surface area (Å²) in [5.74, 6) is 0. The largest absolute Gasteiger partial charge is 0.416 e. The molecule has 0 aliphatic rings. The maximum atomic E-state index is 14.3. The second kappa shape index (κ2) is 22.3. The van der Waals surface area contributed by atoms with Gasteiger partial charge in [0, 0.05) is 33.9 Å². The molecule has 0 aliphatic carbocycles. The molecular weight excluding hydrogens is 1330 g/mol. The van der Waals surface area contributed by atoms with Crippen molar-refractivity contribution >= 4 is 43.6 Å². The molecule has 3 heterocycles. The lowest BCUT2D eigenvalue weighted by atomic mass is 9.96. The summed E-state index contributed by atoms with van der Waals surface area (Å²) < 4.78 is 347. The van der Waals surface area contributed by atoms with Crippen molar-refractivity contribution in [2.45, 2.75) is 49.4 Å². The third-order valence-electron chi connectivity index (χ3n) is 15.9. The monoisotopic (exact) mass is 1360 g/mol. The highest BCUT2D eigenvalue weighted by atomic mass is 19.4. The minimum absolute atomic E-state index is 0.0987. The average Bonchev–Trinajstić information content (AvgIpc) is 1.55. The van der Waals surface area contributed by atoms with E-state index in [1.165, 1.54) is 70.1 Å². The number of nitrogens with zero attached hydrogens (tertiary/aromatic N) is 4. The normalized spacial score (nSPS) is 13.2. The number of pyridine rings is 1. The minimum atomic E-state index is -5.37. The molecule has 0 fully saturated rings. The van der Waals surface area contributed by atoms with Crippen LogP contribution in [0.1, 0.15) is 50.1 Å². The summed E-state index contributed by atoms with van der Waals surface area (Å²) in [6.07, 6.45) is -40.3. The number of nitriles is 1. The highest BCUT2D eigenvalue weighted by Gasteiger charge is 2.42. The molecule has 0 atom stereocenters.